The lowest BCUT2D eigenvalue weighted by Crippen LogP contribution is -2.27. The second kappa shape index (κ2) is 10.2. The monoisotopic (exact) mass is 462 g/mol. The minimum atomic E-state index is -0.0359. The summed E-state index contributed by atoms with van der Waals surface area (Å²) in [5, 5.41) is 9.59. The van der Waals surface area contributed by atoms with Crippen LogP contribution in [0.5, 0.6) is 0 Å². The smallest absolute Gasteiger partial charge is 0.242 e. The maximum Gasteiger partial charge on any atom is 0.242 e. The number of para-hydroxylation sites is 3. The van der Waals surface area contributed by atoms with Crippen LogP contribution in [0.4, 0.5) is 11.4 Å². The van der Waals surface area contributed by atoms with Crippen LogP contribution in [0.1, 0.15) is 0 Å². The molecule has 0 N–H and O–H groups in total. The standard InChI is InChI=1S/C28H22N4OS/c33-26(31(23-15-7-2-8-16-23)24-17-9-3-10-18-24)21-34-28-30-29-27(22-13-5-1-6-14-22)32(28)25-19-11-4-12-20-25/h1-20H,21H2. The minimum Gasteiger partial charge on any atom is -0.280 e. The predicted octanol–water partition coefficient (Wildman–Crippen LogP) is 6.39. The molecule has 0 aliphatic carbocycles. The highest BCUT2D eigenvalue weighted by Gasteiger charge is 2.21. The second-order valence-corrected chi connectivity index (χ2v) is 8.47. The van der Waals surface area contributed by atoms with Gasteiger partial charge in [0.05, 0.1) is 5.75 Å². The summed E-state index contributed by atoms with van der Waals surface area (Å²) < 4.78 is 2.00. The van der Waals surface area contributed by atoms with Crippen LogP contribution >= 0.6 is 11.8 Å². The molecule has 0 spiro atoms. The molecular formula is C28H22N4OS. The van der Waals surface area contributed by atoms with Crippen molar-refractivity contribution in [1.29, 1.82) is 0 Å². The molecule has 1 aromatic heterocycles. The van der Waals surface area contributed by atoms with E-state index in [1.807, 2.05) is 126 Å². The highest BCUT2D eigenvalue weighted by atomic mass is 32.2. The molecule has 4 aromatic carbocycles. The average Bonchev–Trinajstić information content (AvgIpc) is 3.34. The lowest BCUT2D eigenvalue weighted by Gasteiger charge is -2.23. The molecule has 1 heterocycles. The molecule has 1 amide bonds. The fraction of sp³-hybridized carbons (Fsp3) is 0.0357. The number of thioether (sulfide) groups is 1. The Morgan fingerprint density at radius 1 is 0.676 bits per heavy atom. The Hall–Kier alpha value is -4.16. The summed E-state index contributed by atoms with van der Waals surface area (Å²) in [4.78, 5) is 15.2. The number of amides is 1. The van der Waals surface area contributed by atoms with Crippen LogP contribution in [-0.2, 0) is 4.79 Å². The van der Waals surface area contributed by atoms with E-state index in [-0.39, 0.29) is 11.7 Å². The van der Waals surface area contributed by atoms with E-state index in [0.717, 1.165) is 28.5 Å². The highest BCUT2D eigenvalue weighted by Crippen LogP contribution is 2.30. The largest absolute Gasteiger partial charge is 0.280 e. The quantitative estimate of drug-likeness (QED) is 0.263. The summed E-state index contributed by atoms with van der Waals surface area (Å²) in [6.07, 6.45) is 0. The van der Waals surface area contributed by atoms with Gasteiger partial charge < -0.3 is 0 Å². The number of nitrogens with zero attached hydrogens (tertiary/aromatic N) is 4. The van der Waals surface area contributed by atoms with Crippen LogP contribution in [0.25, 0.3) is 17.1 Å². The molecule has 0 saturated carbocycles. The minimum absolute atomic E-state index is 0.0359. The maximum atomic E-state index is 13.5. The van der Waals surface area contributed by atoms with Gasteiger partial charge in [-0.2, -0.15) is 0 Å². The first-order chi connectivity index (χ1) is 16.8. The van der Waals surface area contributed by atoms with E-state index in [4.69, 9.17) is 0 Å². The van der Waals surface area contributed by atoms with E-state index in [9.17, 15) is 4.79 Å². The third-order valence-electron chi connectivity index (χ3n) is 5.28. The molecule has 5 nitrogen and oxygen atoms in total. The van der Waals surface area contributed by atoms with Crippen molar-refractivity contribution in [1.82, 2.24) is 14.8 Å². The van der Waals surface area contributed by atoms with Crippen molar-refractivity contribution < 1.29 is 4.79 Å². The van der Waals surface area contributed by atoms with Gasteiger partial charge in [0.2, 0.25) is 5.91 Å². The number of carbonyl (C=O) groups is 1. The summed E-state index contributed by atoms with van der Waals surface area (Å²) in [7, 11) is 0. The zero-order valence-corrected chi connectivity index (χ0v) is 19.2. The van der Waals surface area contributed by atoms with Gasteiger partial charge in [0, 0.05) is 22.6 Å². The van der Waals surface area contributed by atoms with Gasteiger partial charge in [-0.1, -0.05) is 96.7 Å². The Kier molecular flexibility index (Phi) is 6.49. The number of hydrogen-bond acceptors (Lipinski definition) is 4. The second-order valence-electron chi connectivity index (χ2n) is 7.53. The van der Waals surface area contributed by atoms with Crippen LogP contribution in [0.15, 0.2) is 126 Å². The summed E-state index contributed by atoms with van der Waals surface area (Å²) in [5.41, 5.74) is 3.57. The van der Waals surface area contributed by atoms with E-state index in [0.29, 0.717) is 5.16 Å². The van der Waals surface area contributed by atoms with Crippen molar-refractivity contribution in [3.8, 4) is 17.1 Å². The zero-order chi connectivity index (χ0) is 23.2. The average molecular weight is 463 g/mol. The fourth-order valence-electron chi connectivity index (χ4n) is 3.73. The molecule has 0 atom stereocenters. The molecule has 0 unspecified atom stereocenters. The third kappa shape index (κ3) is 4.63. The molecule has 5 aromatic rings. The summed E-state index contributed by atoms with van der Waals surface area (Å²) in [6, 6.07) is 39.3. The molecule has 0 radical (unpaired) electrons. The molecule has 5 rings (SSSR count). The van der Waals surface area contributed by atoms with Gasteiger partial charge in [-0.15, -0.1) is 10.2 Å². The van der Waals surface area contributed by atoms with E-state index >= 15 is 0 Å². The Bertz CT molecular complexity index is 1320. The Balaban J connectivity index is 1.47. The lowest BCUT2D eigenvalue weighted by molar-refractivity contribution is -0.115. The van der Waals surface area contributed by atoms with Crippen LogP contribution < -0.4 is 4.90 Å². The Morgan fingerprint density at radius 3 is 1.74 bits per heavy atom. The van der Waals surface area contributed by atoms with E-state index < -0.39 is 0 Å². The number of anilines is 2. The predicted molar refractivity (Wildman–Crippen MR) is 138 cm³/mol. The van der Waals surface area contributed by atoms with Crippen molar-refractivity contribution in [3.05, 3.63) is 121 Å². The van der Waals surface area contributed by atoms with Crippen LogP contribution in [-0.4, -0.2) is 26.4 Å². The first-order valence-corrected chi connectivity index (χ1v) is 11.9. The van der Waals surface area contributed by atoms with Crippen molar-refractivity contribution in [2.75, 3.05) is 10.7 Å². The molecular weight excluding hydrogens is 440 g/mol. The van der Waals surface area contributed by atoms with Crippen LogP contribution in [0.3, 0.4) is 0 Å². The van der Waals surface area contributed by atoms with Crippen LogP contribution in [0, 0.1) is 0 Å². The molecule has 0 fully saturated rings. The van der Waals surface area contributed by atoms with Crippen LogP contribution in [0.2, 0.25) is 0 Å². The van der Waals surface area contributed by atoms with Gasteiger partial charge in [-0.25, -0.2) is 0 Å². The van der Waals surface area contributed by atoms with Crippen molar-refractivity contribution in [2.45, 2.75) is 5.16 Å². The maximum absolute atomic E-state index is 13.5. The van der Waals surface area contributed by atoms with Gasteiger partial charge >= 0.3 is 0 Å². The number of hydrogen-bond donors (Lipinski definition) is 0. The van der Waals surface area contributed by atoms with Gasteiger partial charge in [0.1, 0.15) is 0 Å². The molecule has 0 aliphatic heterocycles. The zero-order valence-electron chi connectivity index (χ0n) is 18.4. The van der Waals surface area contributed by atoms with Gasteiger partial charge in [0.15, 0.2) is 11.0 Å². The number of carbonyl (C=O) groups excluding carboxylic acids is 1. The third-order valence-corrected chi connectivity index (χ3v) is 6.20. The normalized spacial score (nSPS) is 10.7. The molecule has 0 saturated heterocycles. The summed E-state index contributed by atoms with van der Waals surface area (Å²) in [6.45, 7) is 0. The molecule has 34 heavy (non-hydrogen) atoms. The molecule has 166 valence electrons. The van der Waals surface area contributed by atoms with E-state index in [1.165, 1.54) is 11.8 Å². The number of benzene rings is 4. The van der Waals surface area contributed by atoms with E-state index in [1.54, 1.807) is 4.90 Å². The number of rotatable bonds is 7. The molecule has 0 aliphatic rings. The topological polar surface area (TPSA) is 51.0 Å². The van der Waals surface area contributed by atoms with Gasteiger partial charge in [-0.05, 0) is 36.4 Å². The van der Waals surface area contributed by atoms with Crippen molar-refractivity contribution in [3.63, 3.8) is 0 Å². The van der Waals surface area contributed by atoms with Gasteiger partial charge in [-0.3, -0.25) is 14.3 Å². The van der Waals surface area contributed by atoms with E-state index in [2.05, 4.69) is 10.2 Å². The first kappa shape index (κ1) is 21.7. The Morgan fingerprint density at radius 2 is 1.18 bits per heavy atom. The van der Waals surface area contributed by atoms with Crippen molar-refractivity contribution >= 4 is 29.0 Å². The van der Waals surface area contributed by atoms with Gasteiger partial charge in [0.25, 0.3) is 0 Å². The SMILES string of the molecule is O=C(CSc1nnc(-c2ccccc2)n1-c1ccccc1)N(c1ccccc1)c1ccccc1. The summed E-state index contributed by atoms with van der Waals surface area (Å²) in [5.74, 6) is 0.916. The molecule has 6 heteroatoms. The highest BCUT2D eigenvalue weighted by molar-refractivity contribution is 7.99. The first-order valence-electron chi connectivity index (χ1n) is 10.9. The fourth-order valence-corrected chi connectivity index (χ4v) is 4.53. The summed E-state index contributed by atoms with van der Waals surface area (Å²) >= 11 is 1.38. The number of aromatic nitrogens is 3. The Labute approximate surface area is 202 Å². The lowest BCUT2D eigenvalue weighted by atomic mass is 10.2. The van der Waals surface area contributed by atoms with Crippen molar-refractivity contribution in [2.24, 2.45) is 0 Å². The molecule has 0 bridgehead atoms.